The van der Waals surface area contributed by atoms with Gasteiger partial charge in [0.2, 0.25) is 0 Å². The summed E-state index contributed by atoms with van der Waals surface area (Å²) in [4.78, 5) is 13.9. The lowest BCUT2D eigenvalue weighted by Crippen LogP contribution is -2.46. The molecular formula is C15H29NO3. The van der Waals surface area contributed by atoms with Crippen molar-refractivity contribution in [3.8, 4) is 0 Å². The average molecular weight is 271 g/mol. The minimum absolute atomic E-state index is 0.533. The van der Waals surface area contributed by atoms with Crippen LogP contribution in [0.3, 0.4) is 0 Å². The third kappa shape index (κ3) is 4.77. The van der Waals surface area contributed by atoms with Gasteiger partial charge in [0.1, 0.15) is 0 Å². The van der Waals surface area contributed by atoms with E-state index in [1.165, 1.54) is 0 Å². The first-order valence-corrected chi connectivity index (χ1v) is 7.57. The van der Waals surface area contributed by atoms with Crippen molar-refractivity contribution in [1.82, 2.24) is 4.90 Å². The molecule has 0 saturated heterocycles. The van der Waals surface area contributed by atoms with E-state index in [1.807, 2.05) is 6.92 Å². The maximum Gasteiger partial charge on any atom is 0.310 e. The predicted octanol–water partition coefficient (Wildman–Crippen LogP) is 2.63. The third-order valence-corrected chi connectivity index (χ3v) is 4.41. The van der Waals surface area contributed by atoms with Crippen molar-refractivity contribution in [2.75, 3.05) is 32.8 Å². The number of carboxylic acids is 1. The molecule has 0 amide bonds. The van der Waals surface area contributed by atoms with E-state index in [0.717, 1.165) is 45.4 Å². The van der Waals surface area contributed by atoms with Crippen LogP contribution in [-0.4, -0.2) is 48.8 Å². The number of rotatable bonds is 8. The van der Waals surface area contributed by atoms with Gasteiger partial charge < -0.3 is 14.7 Å². The Morgan fingerprint density at radius 2 is 2.00 bits per heavy atom. The zero-order chi connectivity index (χ0) is 14.3. The predicted molar refractivity (Wildman–Crippen MR) is 76.3 cm³/mol. The van der Waals surface area contributed by atoms with Gasteiger partial charge in [-0.3, -0.25) is 4.79 Å². The maximum atomic E-state index is 11.7. The van der Waals surface area contributed by atoms with Crippen LogP contribution in [0.15, 0.2) is 0 Å². The van der Waals surface area contributed by atoms with E-state index >= 15 is 0 Å². The van der Waals surface area contributed by atoms with Crippen LogP contribution in [0.25, 0.3) is 0 Å². The molecule has 1 aliphatic rings. The quantitative estimate of drug-likeness (QED) is 0.689. The van der Waals surface area contributed by atoms with Crippen LogP contribution in [0.5, 0.6) is 0 Å². The first-order chi connectivity index (χ1) is 9.04. The molecule has 4 heteroatoms. The van der Waals surface area contributed by atoms with E-state index in [1.54, 1.807) is 0 Å². The lowest BCUT2D eigenvalue weighted by atomic mass is 9.70. The molecule has 0 aromatic rings. The Hall–Kier alpha value is -0.610. The second kappa shape index (κ2) is 7.85. The van der Waals surface area contributed by atoms with Crippen LogP contribution in [0, 0.1) is 11.3 Å². The molecule has 0 radical (unpaired) electrons. The molecule has 4 nitrogen and oxygen atoms in total. The zero-order valence-electron chi connectivity index (χ0n) is 12.7. The summed E-state index contributed by atoms with van der Waals surface area (Å²) in [6.07, 6.45) is 3.70. The Bertz CT molecular complexity index is 273. The smallest absolute Gasteiger partial charge is 0.310 e. The molecular weight excluding hydrogens is 242 g/mol. The highest BCUT2D eigenvalue weighted by Gasteiger charge is 2.42. The van der Waals surface area contributed by atoms with E-state index in [0.29, 0.717) is 19.1 Å². The van der Waals surface area contributed by atoms with Crippen LogP contribution in [0.4, 0.5) is 0 Å². The number of hydrogen-bond acceptors (Lipinski definition) is 3. The third-order valence-electron chi connectivity index (χ3n) is 4.41. The molecule has 1 aliphatic carbocycles. The largest absolute Gasteiger partial charge is 0.481 e. The number of hydrogen-bond donors (Lipinski definition) is 1. The van der Waals surface area contributed by atoms with Crippen LogP contribution >= 0.6 is 0 Å². The van der Waals surface area contributed by atoms with E-state index in [4.69, 9.17) is 4.74 Å². The van der Waals surface area contributed by atoms with Gasteiger partial charge in [0, 0.05) is 19.7 Å². The monoisotopic (exact) mass is 271 g/mol. The Kier molecular flexibility index (Phi) is 6.80. The molecule has 19 heavy (non-hydrogen) atoms. The molecule has 0 aromatic carbocycles. The van der Waals surface area contributed by atoms with Gasteiger partial charge in [-0.15, -0.1) is 0 Å². The van der Waals surface area contributed by atoms with Gasteiger partial charge in [-0.05, 0) is 45.1 Å². The van der Waals surface area contributed by atoms with Gasteiger partial charge in [0.25, 0.3) is 0 Å². The van der Waals surface area contributed by atoms with Crippen molar-refractivity contribution in [3.63, 3.8) is 0 Å². The molecule has 1 saturated carbocycles. The highest BCUT2D eigenvalue weighted by atomic mass is 16.5. The first-order valence-electron chi connectivity index (χ1n) is 7.57. The maximum absolute atomic E-state index is 11.7. The van der Waals surface area contributed by atoms with E-state index in [9.17, 15) is 9.90 Å². The summed E-state index contributed by atoms with van der Waals surface area (Å²) >= 11 is 0. The Labute approximate surface area is 117 Å². The minimum Gasteiger partial charge on any atom is -0.481 e. The Morgan fingerprint density at radius 1 is 1.37 bits per heavy atom. The Morgan fingerprint density at radius 3 is 2.47 bits per heavy atom. The summed E-state index contributed by atoms with van der Waals surface area (Å²) in [5.74, 6) is 0.0558. The van der Waals surface area contributed by atoms with Crippen molar-refractivity contribution in [3.05, 3.63) is 0 Å². The summed E-state index contributed by atoms with van der Waals surface area (Å²) in [6.45, 7) is 10.1. The number of ether oxygens (including phenoxy) is 1. The van der Waals surface area contributed by atoms with Gasteiger partial charge in [-0.2, -0.15) is 0 Å². The van der Waals surface area contributed by atoms with Crippen LogP contribution < -0.4 is 0 Å². The van der Waals surface area contributed by atoms with E-state index < -0.39 is 11.4 Å². The lowest BCUT2D eigenvalue weighted by molar-refractivity contribution is -0.153. The molecule has 112 valence electrons. The summed E-state index contributed by atoms with van der Waals surface area (Å²) in [7, 11) is 0. The van der Waals surface area contributed by atoms with Gasteiger partial charge in [-0.25, -0.2) is 0 Å². The fraction of sp³-hybridized carbons (Fsp3) is 0.933. The second-order valence-corrected chi connectivity index (χ2v) is 5.83. The van der Waals surface area contributed by atoms with Gasteiger partial charge >= 0.3 is 5.97 Å². The van der Waals surface area contributed by atoms with Crippen LogP contribution in [0.1, 0.15) is 46.5 Å². The summed E-state index contributed by atoms with van der Waals surface area (Å²) in [6, 6.07) is 0. The molecule has 0 aromatic heterocycles. The SMILES string of the molecule is CCOCCN(CC)CC1(C(=O)O)CCC(C)CC1. The first kappa shape index (κ1) is 16.4. The summed E-state index contributed by atoms with van der Waals surface area (Å²) < 4.78 is 5.38. The van der Waals surface area contributed by atoms with Gasteiger partial charge in [0.15, 0.2) is 0 Å². The standard InChI is InChI=1S/C15H29NO3/c1-4-16(10-11-19-5-2)12-15(14(17)18)8-6-13(3)7-9-15/h13H,4-12H2,1-3H3,(H,17,18). The van der Waals surface area contributed by atoms with Crippen molar-refractivity contribution in [1.29, 1.82) is 0 Å². The summed E-state index contributed by atoms with van der Waals surface area (Å²) in [5.41, 5.74) is -0.533. The molecule has 1 rings (SSSR count). The number of aliphatic carboxylic acids is 1. The molecule has 0 unspecified atom stereocenters. The van der Waals surface area contributed by atoms with Crippen molar-refractivity contribution < 1.29 is 14.6 Å². The van der Waals surface area contributed by atoms with Crippen molar-refractivity contribution >= 4 is 5.97 Å². The van der Waals surface area contributed by atoms with Crippen molar-refractivity contribution in [2.24, 2.45) is 11.3 Å². The van der Waals surface area contributed by atoms with Gasteiger partial charge in [-0.1, -0.05) is 13.8 Å². The fourth-order valence-corrected chi connectivity index (χ4v) is 2.87. The molecule has 0 atom stereocenters. The molecule has 1 N–H and O–H groups in total. The molecule has 1 fully saturated rings. The number of carbonyl (C=O) groups is 1. The normalized spacial score (nSPS) is 27.7. The highest BCUT2D eigenvalue weighted by molar-refractivity contribution is 5.75. The number of nitrogens with zero attached hydrogens (tertiary/aromatic N) is 1. The van der Waals surface area contributed by atoms with E-state index in [2.05, 4.69) is 18.7 Å². The lowest BCUT2D eigenvalue weighted by Gasteiger charge is -2.39. The van der Waals surface area contributed by atoms with Crippen molar-refractivity contribution in [2.45, 2.75) is 46.5 Å². The van der Waals surface area contributed by atoms with E-state index in [-0.39, 0.29) is 0 Å². The van der Waals surface area contributed by atoms with Gasteiger partial charge in [0.05, 0.1) is 12.0 Å². The summed E-state index contributed by atoms with van der Waals surface area (Å²) in [5, 5.41) is 9.63. The number of likely N-dealkylation sites (N-methyl/N-ethyl adjacent to an activating group) is 1. The topological polar surface area (TPSA) is 49.8 Å². The zero-order valence-corrected chi connectivity index (χ0v) is 12.7. The molecule has 0 aliphatic heterocycles. The average Bonchev–Trinajstić information content (AvgIpc) is 2.40. The fourth-order valence-electron chi connectivity index (χ4n) is 2.87. The number of carboxylic acid groups (broad SMARTS) is 1. The van der Waals surface area contributed by atoms with Crippen LogP contribution in [0.2, 0.25) is 0 Å². The molecule has 0 heterocycles. The Balaban J connectivity index is 2.58. The second-order valence-electron chi connectivity index (χ2n) is 5.83. The molecule has 0 spiro atoms. The molecule has 0 bridgehead atoms. The van der Waals surface area contributed by atoms with Crippen LogP contribution in [-0.2, 0) is 9.53 Å². The minimum atomic E-state index is -0.616. The highest BCUT2D eigenvalue weighted by Crippen LogP contribution is 2.39.